The van der Waals surface area contributed by atoms with Gasteiger partial charge in [0.1, 0.15) is 0 Å². The van der Waals surface area contributed by atoms with Gasteiger partial charge in [0.15, 0.2) is 0 Å². The molecule has 3 heteroatoms. The van der Waals surface area contributed by atoms with Gasteiger partial charge in [-0.2, -0.15) is 0 Å². The number of hydrogen-bond donors (Lipinski definition) is 2. The first-order chi connectivity index (χ1) is 7.63. The molecule has 0 aromatic rings. The Hall–Kier alpha value is -0.570. The van der Waals surface area contributed by atoms with E-state index in [1.807, 2.05) is 0 Å². The van der Waals surface area contributed by atoms with Crippen LogP contribution in [0.3, 0.4) is 0 Å². The molecular weight excluding hydrogens is 202 g/mol. The van der Waals surface area contributed by atoms with Crippen molar-refractivity contribution in [1.29, 1.82) is 0 Å². The molecule has 1 unspecified atom stereocenters. The molecule has 3 nitrogen and oxygen atoms in total. The van der Waals surface area contributed by atoms with Crippen LogP contribution in [0.15, 0.2) is 0 Å². The highest BCUT2D eigenvalue weighted by molar-refractivity contribution is 5.66. The topological polar surface area (TPSA) is 49.3 Å². The van der Waals surface area contributed by atoms with Gasteiger partial charge in [0, 0.05) is 12.5 Å². The van der Waals surface area contributed by atoms with Gasteiger partial charge in [-0.05, 0) is 38.1 Å². The van der Waals surface area contributed by atoms with E-state index in [2.05, 4.69) is 26.1 Å². The second-order valence-electron chi connectivity index (χ2n) is 4.46. The van der Waals surface area contributed by atoms with Crippen LogP contribution in [0.4, 0.5) is 0 Å². The molecule has 0 aliphatic carbocycles. The van der Waals surface area contributed by atoms with Crippen molar-refractivity contribution in [2.45, 2.75) is 65.3 Å². The summed E-state index contributed by atoms with van der Waals surface area (Å²) in [4.78, 5) is 10.5. The van der Waals surface area contributed by atoms with Crippen LogP contribution < -0.4 is 5.32 Å². The minimum atomic E-state index is -0.675. The van der Waals surface area contributed by atoms with Crippen molar-refractivity contribution in [3.05, 3.63) is 0 Å². The van der Waals surface area contributed by atoms with Crippen LogP contribution in [-0.2, 0) is 4.79 Å². The lowest BCUT2D eigenvalue weighted by molar-refractivity contribution is -0.137. The summed E-state index contributed by atoms with van der Waals surface area (Å²) in [5, 5.41) is 12.2. The van der Waals surface area contributed by atoms with Crippen molar-refractivity contribution in [1.82, 2.24) is 5.32 Å². The summed E-state index contributed by atoms with van der Waals surface area (Å²) in [5.41, 5.74) is 0. The quantitative estimate of drug-likeness (QED) is 0.605. The van der Waals surface area contributed by atoms with Crippen LogP contribution in [-0.4, -0.2) is 23.7 Å². The smallest absolute Gasteiger partial charge is 0.303 e. The average molecular weight is 229 g/mol. The SMILES string of the molecule is CCC(CCNC(CC)CC)CCC(=O)O. The molecule has 0 rings (SSSR count). The zero-order valence-electron chi connectivity index (χ0n) is 11.0. The van der Waals surface area contributed by atoms with Crippen LogP contribution in [0.2, 0.25) is 0 Å². The number of rotatable bonds is 10. The van der Waals surface area contributed by atoms with Gasteiger partial charge < -0.3 is 10.4 Å². The molecule has 0 aliphatic rings. The second-order valence-corrected chi connectivity index (χ2v) is 4.46. The maximum absolute atomic E-state index is 10.5. The maximum atomic E-state index is 10.5. The van der Waals surface area contributed by atoms with Crippen molar-refractivity contribution in [2.75, 3.05) is 6.54 Å². The summed E-state index contributed by atoms with van der Waals surface area (Å²) in [5.74, 6) is -0.121. The number of carboxylic acid groups (broad SMARTS) is 1. The molecule has 0 spiro atoms. The molecule has 0 aromatic carbocycles. The third-order valence-electron chi connectivity index (χ3n) is 3.31. The van der Waals surface area contributed by atoms with E-state index in [9.17, 15) is 4.79 Å². The van der Waals surface area contributed by atoms with Gasteiger partial charge in [-0.1, -0.05) is 27.2 Å². The van der Waals surface area contributed by atoms with Gasteiger partial charge in [-0.15, -0.1) is 0 Å². The summed E-state index contributed by atoms with van der Waals surface area (Å²) in [7, 11) is 0. The van der Waals surface area contributed by atoms with E-state index in [1.54, 1.807) is 0 Å². The number of aliphatic carboxylic acids is 1. The van der Waals surface area contributed by atoms with Crippen LogP contribution in [0, 0.1) is 5.92 Å². The van der Waals surface area contributed by atoms with Gasteiger partial charge in [0.05, 0.1) is 0 Å². The largest absolute Gasteiger partial charge is 0.481 e. The van der Waals surface area contributed by atoms with Crippen LogP contribution in [0.5, 0.6) is 0 Å². The fourth-order valence-corrected chi connectivity index (χ4v) is 1.95. The second kappa shape index (κ2) is 9.64. The summed E-state index contributed by atoms with van der Waals surface area (Å²) in [6.45, 7) is 7.56. The Kier molecular flexibility index (Phi) is 9.30. The highest BCUT2D eigenvalue weighted by atomic mass is 16.4. The van der Waals surface area contributed by atoms with E-state index in [-0.39, 0.29) is 0 Å². The zero-order valence-corrected chi connectivity index (χ0v) is 11.0. The lowest BCUT2D eigenvalue weighted by Crippen LogP contribution is -2.29. The molecule has 0 radical (unpaired) electrons. The predicted octanol–water partition coefficient (Wildman–Crippen LogP) is 3.05. The van der Waals surface area contributed by atoms with Gasteiger partial charge >= 0.3 is 5.97 Å². The maximum Gasteiger partial charge on any atom is 0.303 e. The Morgan fingerprint density at radius 3 is 2.19 bits per heavy atom. The Bertz CT molecular complexity index is 179. The molecule has 0 aliphatic heterocycles. The molecule has 96 valence electrons. The number of carbonyl (C=O) groups is 1. The minimum Gasteiger partial charge on any atom is -0.481 e. The van der Waals surface area contributed by atoms with E-state index in [0.717, 1.165) is 25.8 Å². The van der Waals surface area contributed by atoms with Crippen molar-refractivity contribution < 1.29 is 9.90 Å². The van der Waals surface area contributed by atoms with Crippen LogP contribution in [0.1, 0.15) is 59.3 Å². The minimum absolute atomic E-state index is 0.309. The fraction of sp³-hybridized carbons (Fsp3) is 0.923. The van der Waals surface area contributed by atoms with Gasteiger partial charge in [-0.3, -0.25) is 4.79 Å². The van der Waals surface area contributed by atoms with Crippen molar-refractivity contribution in [3.63, 3.8) is 0 Å². The molecule has 0 saturated carbocycles. The molecule has 0 fully saturated rings. The van der Waals surface area contributed by atoms with Gasteiger partial charge in [-0.25, -0.2) is 0 Å². The first-order valence-corrected chi connectivity index (χ1v) is 6.59. The lowest BCUT2D eigenvalue weighted by Gasteiger charge is -2.18. The molecule has 0 amide bonds. The molecule has 0 saturated heterocycles. The Morgan fingerprint density at radius 1 is 1.12 bits per heavy atom. The molecule has 16 heavy (non-hydrogen) atoms. The average Bonchev–Trinajstić information content (AvgIpc) is 2.28. The summed E-state index contributed by atoms with van der Waals surface area (Å²) in [6, 6.07) is 0.622. The van der Waals surface area contributed by atoms with Crippen LogP contribution >= 0.6 is 0 Å². The highest BCUT2D eigenvalue weighted by Crippen LogP contribution is 2.14. The molecular formula is C13H27NO2. The predicted molar refractivity (Wildman–Crippen MR) is 67.6 cm³/mol. The summed E-state index contributed by atoms with van der Waals surface area (Å²) < 4.78 is 0. The number of nitrogens with one attached hydrogen (secondary N) is 1. The monoisotopic (exact) mass is 229 g/mol. The third-order valence-corrected chi connectivity index (χ3v) is 3.31. The highest BCUT2D eigenvalue weighted by Gasteiger charge is 2.09. The van der Waals surface area contributed by atoms with E-state index >= 15 is 0 Å². The fourth-order valence-electron chi connectivity index (χ4n) is 1.95. The number of carboxylic acids is 1. The van der Waals surface area contributed by atoms with E-state index in [4.69, 9.17) is 5.11 Å². The summed E-state index contributed by atoms with van der Waals surface area (Å²) in [6.07, 6.45) is 5.64. The zero-order chi connectivity index (χ0) is 12.4. The Morgan fingerprint density at radius 2 is 1.75 bits per heavy atom. The molecule has 0 bridgehead atoms. The molecule has 0 aromatic heterocycles. The van der Waals surface area contributed by atoms with E-state index in [0.29, 0.717) is 18.4 Å². The van der Waals surface area contributed by atoms with E-state index < -0.39 is 5.97 Å². The lowest BCUT2D eigenvalue weighted by atomic mass is 9.96. The van der Waals surface area contributed by atoms with Gasteiger partial charge in [0.25, 0.3) is 0 Å². The van der Waals surface area contributed by atoms with Crippen LogP contribution in [0.25, 0.3) is 0 Å². The first-order valence-electron chi connectivity index (χ1n) is 6.59. The first kappa shape index (κ1) is 15.4. The normalized spacial score (nSPS) is 13.0. The van der Waals surface area contributed by atoms with Crippen molar-refractivity contribution >= 4 is 5.97 Å². The molecule has 0 heterocycles. The van der Waals surface area contributed by atoms with Crippen molar-refractivity contribution in [3.8, 4) is 0 Å². The number of hydrogen-bond acceptors (Lipinski definition) is 2. The third kappa shape index (κ3) is 7.69. The standard InChI is InChI=1S/C13H27NO2/c1-4-11(7-8-13(15)16)9-10-14-12(5-2)6-3/h11-12,14H,4-10H2,1-3H3,(H,15,16). The molecule has 2 N–H and O–H groups in total. The Labute approximate surface area is 99.6 Å². The van der Waals surface area contributed by atoms with E-state index in [1.165, 1.54) is 12.8 Å². The Balaban J connectivity index is 3.65. The molecule has 1 atom stereocenters. The van der Waals surface area contributed by atoms with Crippen molar-refractivity contribution in [2.24, 2.45) is 5.92 Å². The summed E-state index contributed by atoms with van der Waals surface area (Å²) >= 11 is 0. The van der Waals surface area contributed by atoms with Gasteiger partial charge in [0.2, 0.25) is 0 Å².